The van der Waals surface area contributed by atoms with Crippen LogP contribution in [0, 0.1) is 6.92 Å². The highest BCUT2D eigenvalue weighted by Gasteiger charge is 2.11. The van der Waals surface area contributed by atoms with Gasteiger partial charge in [-0.25, -0.2) is 4.98 Å². The Labute approximate surface area is 121 Å². The van der Waals surface area contributed by atoms with Crippen molar-refractivity contribution in [3.8, 4) is 0 Å². The number of hydrogen-bond donors (Lipinski definition) is 1. The molecule has 2 aromatic heterocycles. The van der Waals surface area contributed by atoms with Crippen molar-refractivity contribution in [2.45, 2.75) is 20.4 Å². The molecule has 19 heavy (non-hydrogen) atoms. The van der Waals surface area contributed by atoms with Gasteiger partial charge in [0.25, 0.3) is 0 Å². The molecule has 0 atom stereocenters. The highest BCUT2D eigenvalue weighted by molar-refractivity contribution is 9.10. The van der Waals surface area contributed by atoms with Crippen molar-refractivity contribution in [2.75, 3.05) is 17.2 Å². The number of halogens is 1. The standard InChI is InChI=1S/C13H16BrN5/c1-3-19(8-10-6-4-5-9(2)16-10)13-17-11(14)7-12(15)18-13/h4-7H,3,8H2,1-2H3,(H2,15,17,18). The van der Waals surface area contributed by atoms with Crippen molar-refractivity contribution in [3.05, 3.63) is 40.3 Å². The first-order chi connectivity index (χ1) is 9.08. The molecule has 0 unspecified atom stereocenters. The van der Waals surface area contributed by atoms with Gasteiger partial charge >= 0.3 is 0 Å². The predicted octanol–water partition coefficient (Wildman–Crippen LogP) is 2.55. The average Bonchev–Trinajstić information content (AvgIpc) is 2.34. The topological polar surface area (TPSA) is 67.9 Å². The second kappa shape index (κ2) is 5.97. The second-order valence-corrected chi connectivity index (χ2v) is 5.01. The number of nitrogens with two attached hydrogens (primary N) is 1. The molecular weight excluding hydrogens is 306 g/mol. The Morgan fingerprint density at radius 2 is 2.05 bits per heavy atom. The van der Waals surface area contributed by atoms with Gasteiger partial charge in [-0.05, 0) is 41.9 Å². The second-order valence-electron chi connectivity index (χ2n) is 4.20. The Balaban J connectivity index is 2.24. The maximum atomic E-state index is 5.75. The Morgan fingerprint density at radius 1 is 1.26 bits per heavy atom. The third kappa shape index (κ3) is 3.64. The number of hydrogen-bond acceptors (Lipinski definition) is 5. The molecule has 0 saturated heterocycles. The summed E-state index contributed by atoms with van der Waals surface area (Å²) in [5.41, 5.74) is 7.74. The lowest BCUT2D eigenvalue weighted by Crippen LogP contribution is -2.25. The fourth-order valence-electron chi connectivity index (χ4n) is 1.77. The fourth-order valence-corrected chi connectivity index (χ4v) is 2.16. The van der Waals surface area contributed by atoms with Gasteiger partial charge in [-0.1, -0.05) is 6.07 Å². The lowest BCUT2D eigenvalue weighted by atomic mass is 10.3. The number of nitrogens with zero attached hydrogens (tertiary/aromatic N) is 4. The summed E-state index contributed by atoms with van der Waals surface area (Å²) in [4.78, 5) is 15.1. The smallest absolute Gasteiger partial charge is 0.228 e. The van der Waals surface area contributed by atoms with Crippen molar-refractivity contribution in [2.24, 2.45) is 0 Å². The van der Waals surface area contributed by atoms with Gasteiger partial charge in [0, 0.05) is 18.3 Å². The van der Waals surface area contributed by atoms with Gasteiger partial charge in [0.15, 0.2) is 0 Å². The van der Waals surface area contributed by atoms with Crippen molar-refractivity contribution < 1.29 is 0 Å². The molecule has 0 fully saturated rings. The van der Waals surface area contributed by atoms with Gasteiger partial charge in [0.1, 0.15) is 10.4 Å². The van der Waals surface area contributed by atoms with E-state index in [9.17, 15) is 0 Å². The maximum Gasteiger partial charge on any atom is 0.228 e. The van der Waals surface area contributed by atoms with Gasteiger partial charge in [-0.3, -0.25) is 4.98 Å². The third-order valence-electron chi connectivity index (χ3n) is 2.67. The van der Waals surface area contributed by atoms with E-state index < -0.39 is 0 Å². The molecule has 2 aromatic rings. The summed E-state index contributed by atoms with van der Waals surface area (Å²) in [6.45, 7) is 5.48. The van der Waals surface area contributed by atoms with Crippen LogP contribution in [0.5, 0.6) is 0 Å². The van der Waals surface area contributed by atoms with Gasteiger partial charge in [-0.2, -0.15) is 4.98 Å². The maximum absolute atomic E-state index is 5.75. The van der Waals surface area contributed by atoms with Crippen molar-refractivity contribution in [3.63, 3.8) is 0 Å². The third-order valence-corrected chi connectivity index (χ3v) is 3.07. The molecule has 0 aliphatic rings. The first-order valence-electron chi connectivity index (χ1n) is 6.06. The van der Waals surface area contributed by atoms with Gasteiger partial charge < -0.3 is 10.6 Å². The van der Waals surface area contributed by atoms with Crippen LogP contribution in [0.1, 0.15) is 18.3 Å². The molecule has 0 spiro atoms. The van der Waals surface area contributed by atoms with Crippen LogP contribution in [0.3, 0.4) is 0 Å². The highest BCUT2D eigenvalue weighted by Crippen LogP contribution is 2.17. The van der Waals surface area contributed by atoms with E-state index in [1.807, 2.05) is 30.0 Å². The number of aromatic nitrogens is 3. The zero-order valence-electron chi connectivity index (χ0n) is 11.0. The van der Waals surface area contributed by atoms with Gasteiger partial charge in [0.2, 0.25) is 5.95 Å². The normalized spacial score (nSPS) is 10.5. The van der Waals surface area contributed by atoms with E-state index in [4.69, 9.17) is 5.73 Å². The zero-order valence-corrected chi connectivity index (χ0v) is 12.6. The summed E-state index contributed by atoms with van der Waals surface area (Å²) in [6.07, 6.45) is 0. The first kappa shape index (κ1) is 13.7. The predicted molar refractivity (Wildman–Crippen MR) is 79.8 cm³/mol. The summed E-state index contributed by atoms with van der Waals surface area (Å²) >= 11 is 3.33. The lowest BCUT2D eigenvalue weighted by molar-refractivity contribution is 0.771. The molecule has 0 radical (unpaired) electrons. The van der Waals surface area contributed by atoms with E-state index in [2.05, 4.69) is 37.8 Å². The molecule has 2 rings (SSSR count). The molecule has 0 aliphatic heterocycles. The van der Waals surface area contributed by atoms with Crippen molar-refractivity contribution >= 4 is 27.7 Å². The number of pyridine rings is 1. The number of nitrogen functional groups attached to an aromatic ring is 1. The van der Waals surface area contributed by atoms with Crippen LogP contribution in [0.4, 0.5) is 11.8 Å². The van der Waals surface area contributed by atoms with Crippen LogP contribution in [-0.2, 0) is 6.54 Å². The molecule has 0 bridgehead atoms. The van der Waals surface area contributed by atoms with E-state index in [1.165, 1.54) is 0 Å². The molecule has 2 N–H and O–H groups in total. The van der Waals surface area contributed by atoms with Crippen molar-refractivity contribution in [1.29, 1.82) is 0 Å². The Hall–Kier alpha value is -1.69. The molecule has 0 aliphatic carbocycles. The minimum absolute atomic E-state index is 0.451. The summed E-state index contributed by atoms with van der Waals surface area (Å²) in [6, 6.07) is 7.66. The number of rotatable bonds is 4. The summed E-state index contributed by atoms with van der Waals surface area (Å²) < 4.78 is 0.686. The minimum Gasteiger partial charge on any atom is -0.383 e. The van der Waals surface area contributed by atoms with Crippen LogP contribution in [-0.4, -0.2) is 21.5 Å². The van der Waals surface area contributed by atoms with E-state index in [0.717, 1.165) is 17.9 Å². The van der Waals surface area contributed by atoms with Crippen LogP contribution in [0.2, 0.25) is 0 Å². The van der Waals surface area contributed by atoms with Crippen LogP contribution in [0.15, 0.2) is 28.9 Å². The fraction of sp³-hybridized carbons (Fsp3) is 0.308. The van der Waals surface area contributed by atoms with Crippen LogP contribution in [0.25, 0.3) is 0 Å². The quantitative estimate of drug-likeness (QED) is 0.876. The molecule has 100 valence electrons. The highest BCUT2D eigenvalue weighted by atomic mass is 79.9. The average molecular weight is 322 g/mol. The SMILES string of the molecule is CCN(Cc1cccc(C)n1)c1nc(N)cc(Br)n1. The molecule has 5 nitrogen and oxygen atoms in total. The molecule has 0 saturated carbocycles. The molecular formula is C13H16BrN5. The van der Waals surface area contributed by atoms with Crippen LogP contribution >= 0.6 is 15.9 Å². The van der Waals surface area contributed by atoms with Gasteiger partial charge in [0.05, 0.1) is 12.2 Å². The summed E-state index contributed by atoms with van der Waals surface area (Å²) in [7, 11) is 0. The zero-order chi connectivity index (χ0) is 13.8. The molecule has 2 heterocycles. The number of anilines is 2. The van der Waals surface area contributed by atoms with E-state index in [-0.39, 0.29) is 0 Å². The minimum atomic E-state index is 0.451. The monoisotopic (exact) mass is 321 g/mol. The number of aryl methyl sites for hydroxylation is 1. The Morgan fingerprint density at radius 3 is 2.68 bits per heavy atom. The summed E-state index contributed by atoms with van der Waals surface area (Å²) in [5.74, 6) is 1.06. The molecule has 0 amide bonds. The lowest BCUT2D eigenvalue weighted by Gasteiger charge is -2.20. The summed E-state index contributed by atoms with van der Waals surface area (Å²) in [5, 5.41) is 0. The molecule has 0 aromatic carbocycles. The Kier molecular flexibility index (Phi) is 4.31. The Bertz CT molecular complexity index is 552. The largest absolute Gasteiger partial charge is 0.383 e. The van der Waals surface area contributed by atoms with Crippen LogP contribution < -0.4 is 10.6 Å². The van der Waals surface area contributed by atoms with Gasteiger partial charge in [-0.15, -0.1) is 0 Å². The van der Waals surface area contributed by atoms with E-state index >= 15 is 0 Å². The van der Waals surface area contributed by atoms with Crippen molar-refractivity contribution in [1.82, 2.24) is 15.0 Å². The van der Waals surface area contributed by atoms with E-state index in [1.54, 1.807) is 6.07 Å². The first-order valence-corrected chi connectivity index (χ1v) is 6.85. The molecule has 6 heteroatoms. The van der Waals surface area contributed by atoms with E-state index in [0.29, 0.717) is 22.9 Å².